The van der Waals surface area contributed by atoms with Gasteiger partial charge in [-0.25, -0.2) is 0 Å². The Morgan fingerprint density at radius 1 is 1.32 bits per heavy atom. The van der Waals surface area contributed by atoms with E-state index in [0.717, 1.165) is 32.0 Å². The summed E-state index contributed by atoms with van der Waals surface area (Å²) in [5, 5.41) is 5.46. The number of nitrogens with zero attached hydrogens (tertiary/aromatic N) is 3. The molecule has 5 heteroatoms. The number of aromatic nitrogens is 2. The quantitative estimate of drug-likeness (QED) is 0.735. The number of anilines is 1. The second-order valence-corrected chi connectivity index (χ2v) is 6.41. The van der Waals surface area contributed by atoms with Gasteiger partial charge in [-0.3, -0.25) is 9.48 Å². The van der Waals surface area contributed by atoms with Crippen LogP contribution in [-0.2, 0) is 7.05 Å². The van der Waals surface area contributed by atoms with Crippen LogP contribution in [0.2, 0.25) is 0 Å². The minimum Gasteiger partial charge on any atom is -0.308 e. The van der Waals surface area contributed by atoms with E-state index >= 15 is 0 Å². The number of thiophene rings is 1. The largest absolute Gasteiger partial charge is 0.308 e. The Labute approximate surface area is 134 Å². The molecule has 0 saturated carbocycles. The molecule has 3 rings (SSSR count). The average Bonchev–Trinajstić information content (AvgIpc) is 3.04. The van der Waals surface area contributed by atoms with Crippen molar-refractivity contribution in [2.75, 3.05) is 11.4 Å². The summed E-state index contributed by atoms with van der Waals surface area (Å²) < 4.78 is 1.84. The zero-order valence-corrected chi connectivity index (χ0v) is 14.1. The van der Waals surface area contributed by atoms with Crippen molar-refractivity contribution in [2.45, 2.75) is 20.8 Å². The van der Waals surface area contributed by atoms with Gasteiger partial charge in [-0.05, 0) is 38.5 Å². The van der Waals surface area contributed by atoms with Crippen LogP contribution in [0.1, 0.15) is 27.9 Å². The van der Waals surface area contributed by atoms with Gasteiger partial charge < -0.3 is 4.90 Å². The Hall–Kier alpha value is -2.14. The maximum Gasteiger partial charge on any atom is 0.268 e. The number of carbonyl (C=O) groups excluding carboxylic acids is 1. The molecule has 114 valence electrons. The van der Waals surface area contributed by atoms with Crippen molar-refractivity contribution in [2.24, 2.45) is 7.05 Å². The van der Waals surface area contributed by atoms with E-state index in [1.54, 1.807) is 0 Å². The molecular formula is C17H19N3OS. The molecule has 0 radical (unpaired) electrons. The number of hydrogen-bond acceptors (Lipinski definition) is 3. The normalized spacial score (nSPS) is 11.1. The molecule has 0 aliphatic carbocycles. The molecule has 0 atom stereocenters. The van der Waals surface area contributed by atoms with Gasteiger partial charge in [0.15, 0.2) is 0 Å². The Balaban J connectivity index is 2.03. The average molecular weight is 313 g/mol. The molecule has 0 spiro atoms. The standard InChI is InChI=1S/C17H19N3OS/c1-5-20(14-9-7-6-8-11(14)2)16(21)15-10-13-12(3)18-19(4)17(13)22-15/h6-10H,5H2,1-4H3. The number of amides is 1. The fraction of sp³-hybridized carbons (Fsp3) is 0.294. The van der Waals surface area contributed by atoms with Gasteiger partial charge in [-0.1, -0.05) is 18.2 Å². The molecule has 0 unspecified atom stereocenters. The Bertz CT molecular complexity index is 812. The molecule has 1 aromatic carbocycles. The third-order valence-electron chi connectivity index (χ3n) is 3.87. The molecule has 3 aromatic rings. The predicted molar refractivity (Wildman–Crippen MR) is 91.9 cm³/mol. The Morgan fingerprint density at radius 3 is 2.68 bits per heavy atom. The first-order valence-corrected chi connectivity index (χ1v) is 8.15. The van der Waals surface area contributed by atoms with E-state index < -0.39 is 0 Å². The van der Waals surface area contributed by atoms with Crippen LogP contribution in [0.3, 0.4) is 0 Å². The molecule has 0 aliphatic rings. The molecular weight excluding hydrogens is 294 g/mol. The minimum atomic E-state index is 0.0531. The van der Waals surface area contributed by atoms with E-state index in [1.807, 2.05) is 67.7 Å². The van der Waals surface area contributed by atoms with Crippen molar-refractivity contribution in [3.63, 3.8) is 0 Å². The van der Waals surface area contributed by atoms with Gasteiger partial charge in [0, 0.05) is 24.7 Å². The SMILES string of the molecule is CCN(C(=O)c1cc2c(C)nn(C)c2s1)c1ccccc1C. The van der Waals surface area contributed by atoms with Crippen molar-refractivity contribution in [3.8, 4) is 0 Å². The van der Waals surface area contributed by atoms with Crippen LogP contribution in [0.5, 0.6) is 0 Å². The van der Waals surface area contributed by atoms with E-state index in [9.17, 15) is 4.79 Å². The van der Waals surface area contributed by atoms with Gasteiger partial charge in [0.2, 0.25) is 0 Å². The van der Waals surface area contributed by atoms with Gasteiger partial charge in [0.05, 0.1) is 10.6 Å². The van der Waals surface area contributed by atoms with Crippen LogP contribution in [0, 0.1) is 13.8 Å². The Morgan fingerprint density at radius 2 is 2.05 bits per heavy atom. The zero-order chi connectivity index (χ0) is 15.9. The van der Waals surface area contributed by atoms with Gasteiger partial charge in [-0.15, -0.1) is 11.3 Å². The molecule has 22 heavy (non-hydrogen) atoms. The topological polar surface area (TPSA) is 38.1 Å². The van der Waals surface area contributed by atoms with Crippen molar-refractivity contribution < 1.29 is 4.79 Å². The Kier molecular flexibility index (Phi) is 3.74. The molecule has 0 fully saturated rings. The summed E-state index contributed by atoms with van der Waals surface area (Å²) in [7, 11) is 1.92. The molecule has 0 aliphatic heterocycles. The minimum absolute atomic E-state index is 0.0531. The third-order valence-corrected chi connectivity index (χ3v) is 5.06. The number of hydrogen-bond donors (Lipinski definition) is 0. The monoisotopic (exact) mass is 313 g/mol. The highest BCUT2D eigenvalue weighted by Gasteiger charge is 2.21. The van der Waals surface area contributed by atoms with E-state index in [4.69, 9.17) is 0 Å². The maximum absolute atomic E-state index is 12.9. The summed E-state index contributed by atoms with van der Waals surface area (Å²) in [4.78, 5) is 16.6. The summed E-state index contributed by atoms with van der Waals surface area (Å²) in [6.45, 7) is 6.66. The molecule has 0 N–H and O–H groups in total. The highest BCUT2D eigenvalue weighted by Crippen LogP contribution is 2.30. The van der Waals surface area contributed by atoms with Crippen molar-refractivity contribution in [3.05, 3.63) is 46.5 Å². The van der Waals surface area contributed by atoms with Gasteiger partial charge in [0.25, 0.3) is 5.91 Å². The number of rotatable bonds is 3. The highest BCUT2D eigenvalue weighted by molar-refractivity contribution is 7.20. The van der Waals surface area contributed by atoms with Crippen LogP contribution in [0.25, 0.3) is 10.2 Å². The van der Waals surface area contributed by atoms with Crippen LogP contribution in [0.15, 0.2) is 30.3 Å². The smallest absolute Gasteiger partial charge is 0.268 e. The van der Waals surface area contributed by atoms with Crippen molar-refractivity contribution >= 4 is 33.1 Å². The van der Waals surface area contributed by atoms with Gasteiger partial charge in [-0.2, -0.15) is 5.10 Å². The first-order valence-electron chi connectivity index (χ1n) is 7.33. The molecule has 0 bridgehead atoms. The second kappa shape index (κ2) is 5.57. The summed E-state index contributed by atoms with van der Waals surface area (Å²) in [6, 6.07) is 9.95. The summed E-state index contributed by atoms with van der Waals surface area (Å²) in [6.07, 6.45) is 0. The molecule has 2 heterocycles. The highest BCUT2D eigenvalue weighted by atomic mass is 32.1. The summed E-state index contributed by atoms with van der Waals surface area (Å²) >= 11 is 1.51. The maximum atomic E-state index is 12.9. The first kappa shape index (κ1) is 14.8. The second-order valence-electron chi connectivity index (χ2n) is 5.37. The lowest BCUT2D eigenvalue weighted by atomic mass is 10.1. The first-order chi connectivity index (χ1) is 10.5. The van der Waals surface area contributed by atoms with Crippen LogP contribution in [-0.4, -0.2) is 22.2 Å². The van der Waals surface area contributed by atoms with Crippen LogP contribution >= 0.6 is 11.3 Å². The zero-order valence-electron chi connectivity index (χ0n) is 13.3. The van der Waals surface area contributed by atoms with Crippen molar-refractivity contribution in [1.29, 1.82) is 0 Å². The van der Waals surface area contributed by atoms with Crippen LogP contribution in [0.4, 0.5) is 5.69 Å². The lowest BCUT2D eigenvalue weighted by Gasteiger charge is -2.22. The number of para-hydroxylation sites is 1. The third kappa shape index (κ3) is 2.31. The lowest BCUT2D eigenvalue weighted by molar-refractivity contribution is 0.0992. The summed E-state index contributed by atoms with van der Waals surface area (Å²) in [5.74, 6) is 0.0531. The number of aryl methyl sites for hydroxylation is 3. The fourth-order valence-electron chi connectivity index (χ4n) is 2.73. The van der Waals surface area contributed by atoms with Crippen LogP contribution < -0.4 is 4.90 Å². The van der Waals surface area contributed by atoms with E-state index in [2.05, 4.69) is 5.10 Å². The molecule has 0 saturated heterocycles. The van der Waals surface area contributed by atoms with Gasteiger partial charge in [0.1, 0.15) is 4.83 Å². The predicted octanol–water partition coefficient (Wildman–Crippen LogP) is 3.92. The number of fused-ring (bicyclic) bond motifs is 1. The lowest BCUT2D eigenvalue weighted by Crippen LogP contribution is -2.30. The molecule has 2 aromatic heterocycles. The van der Waals surface area contributed by atoms with Gasteiger partial charge >= 0.3 is 0 Å². The number of benzene rings is 1. The fourth-order valence-corrected chi connectivity index (χ4v) is 3.81. The number of carbonyl (C=O) groups is 1. The van der Waals surface area contributed by atoms with E-state index in [1.165, 1.54) is 11.3 Å². The van der Waals surface area contributed by atoms with E-state index in [-0.39, 0.29) is 5.91 Å². The van der Waals surface area contributed by atoms with E-state index in [0.29, 0.717) is 6.54 Å². The van der Waals surface area contributed by atoms with Crippen molar-refractivity contribution in [1.82, 2.24) is 9.78 Å². The molecule has 1 amide bonds. The summed E-state index contributed by atoms with van der Waals surface area (Å²) in [5.41, 5.74) is 3.05. The molecule has 4 nitrogen and oxygen atoms in total.